The topological polar surface area (TPSA) is 54.0 Å². The monoisotopic (exact) mass is 614 g/mol. The van der Waals surface area contributed by atoms with Crippen molar-refractivity contribution in [2.45, 2.75) is 148 Å². The Morgan fingerprint density at radius 3 is 2.05 bits per heavy atom. The molecule has 0 saturated heterocycles. The predicted molar refractivity (Wildman–Crippen MR) is 174 cm³/mol. The minimum Gasteiger partial charge on any atom is -0.459 e. The van der Waals surface area contributed by atoms with E-state index in [-0.39, 0.29) is 18.3 Å². The number of hydrogen-bond acceptors (Lipinski definition) is 5. The molecular formula is C38H59FO5. The van der Waals surface area contributed by atoms with E-state index in [1.807, 2.05) is 0 Å². The summed E-state index contributed by atoms with van der Waals surface area (Å²) in [7, 11) is 0. The predicted octanol–water partition coefficient (Wildman–Crippen LogP) is 10.3. The summed E-state index contributed by atoms with van der Waals surface area (Å²) in [4.78, 5) is 22.8. The highest BCUT2D eigenvalue weighted by atomic mass is 19.1. The normalized spacial score (nSPS) is 27.6. The Kier molecular flexibility index (Phi) is 15.7. The molecule has 248 valence electrons. The van der Waals surface area contributed by atoms with Crippen molar-refractivity contribution < 1.29 is 28.4 Å². The third-order valence-corrected chi connectivity index (χ3v) is 10.6. The number of carbonyl (C=O) groups excluding carboxylic acids is 1. The second-order valence-electron chi connectivity index (χ2n) is 13.9. The molecule has 3 fully saturated rings. The van der Waals surface area contributed by atoms with Gasteiger partial charge < -0.3 is 9.47 Å². The first-order chi connectivity index (χ1) is 21.6. The Labute approximate surface area is 266 Å². The summed E-state index contributed by atoms with van der Waals surface area (Å²) < 4.78 is 26.4. The van der Waals surface area contributed by atoms with Crippen molar-refractivity contribution in [1.29, 1.82) is 0 Å². The molecule has 3 aliphatic rings. The fourth-order valence-electron chi connectivity index (χ4n) is 7.80. The molecule has 0 heterocycles. The summed E-state index contributed by atoms with van der Waals surface area (Å²) in [6.07, 6.45) is 25.7. The van der Waals surface area contributed by atoms with E-state index in [0.29, 0.717) is 24.7 Å². The first-order valence-corrected chi connectivity index (χ1v) is 18.0. The van der Waals surface area contributed by atoms with Crippen LogP contribution in [-0.4, -0.2) is 31.4 Å². The summed E-state index contributed by atoms with van der Waals surface area (Å²) in [5.74, 6) is 2.28. The minimum atomic E-state index is -0.581. The van der Waals surface area contributed by atoms with Crippen molar-refractivity contribution in [3.8, 4) is 0 Å². The van der Waals surface area contributed by atoms with E-state index in [1.165, 1.54) is 102 Å². The number of benzene rings is 1. The summed E-state index contributed by atoms with van der Waals surface area (Å²) in [6.45, 7) is 7.32. The van der Waals surface area contributed by atoms with Gasteiger partial charge >= 0.3 is 5.97 Å². The molecule has 0 amide bonds. The highest BCUT2D eigenvalue weighted by Gasteiger charge is 2.32. The Balaban J connectivity index is 1.05. The Morgan fingerprint density at radius 1 is 0.818 bits per heavy atom. The summed E-state index contributed by atoms with van der Waals surface area (Å²) in [5.41, 5.74) is 0.593. The van der Waals surface area contributed by atoms with Crippen molar-refractivity contribution in [1.82, 2.24) is 0 Å². The fraction of sp³-hybridized carbons (Fsp3) is 0.763. The van der Waals surface area contributed by atoms with Crippen molar-refractivity contribution in [2.75, 3.05) is 13.2 Å². The third kappa shape index (κ3) is 11.9. The van der Waals surface area contributed by atoms with Gasteiger partial charge in [-0.3, -0.25) is 0 Å². The molecule has 0 aliphatic heterocycles. The zero-order chi connectivity index (χ0) is 31.0. The number of ether oxygens (including phenoxy) is 2. The minimum absolute atomic E-state index is 0.0124. The van der Waals surface area contributed by atoms with Gasteiger partial charge in [0.15, 0.2) is 0 Å². The van der Waals surface area contributed by atoms with Crippen LogP contribution < -0.4 is 0 Å². The first-order valence-electron chi connectivity index (χ1n) is 18.0. The second kappa shape index (κ2) is 19.7. The van der Waals surface area contributed by atoms with Crippen LogP contribution in [0.3, 0.4) is 0 Å². The highest BCUT2D eigenvalue weighted by Crippen LogP contribution is 2.42. The van der Waals surface area contributed by atoms with E-state index in [1.54, 1.807) is 12.1 Å². The highest BCUT2D eigenvalue weighted by molar-refractivity contribution is 5.89. The van der Waals surface area contributed by atoms with Crippen LogP contribution in [0.25, 0.3) is 0 Å². The van der Waals surface area contributed by atoms with Crippen LogP contribution in [0.15, 0.2) is 30.9 Å². The SMILES string of the molecule is C=CCCOOCc1ccc(C(=O)OC2CCC(C3CCC(CCCCC4CCC(OCCCC)CC4)CC3)CC2)c(F)c1. The Bertz CT molecular complexity index is 958. The lowest BCUT2D eigenvalue weighted by molar-refractivity contribution is -0.302. The van der Waals surface area contributed by atoms with Gasteiger partial charge in [-0.15, -0.1) is 6.58 Å². The van der Waals surface area contributed by atoms with Crippen LogP contribution >= 0.6 is 0 Å². The smallest absolute Gasteiger partial charge is 0.341 e. The molecule has 0 atom stereocenters. The molecule has 0 radical (unpaired) electrons. The molecule has 4 rings (SSSR count). The van der Waals surface area contributed by atoms with E-state index in [0.717, 1.165) is 56.0 Å². The summed E-state index contributed by atoms with van der Waals surface area (Å²) >= 11 is 0. The van der Waals surface area contributed by atoms with Crippen LogP contribution in [-0.2, 0) is 25.9 Å². The van der Waals surface area contributed by atoms with Crippen LogP contribution in [0.1, 0.15) is 145 Å². The van der Waals surface area contributed by atoms with E-state index in [4.69, 9.17) is 19.2 Å². The molecule has 1 aromatic rings. The molecule has 1 aromatic carbocycles. The molecule has 0 bridgehead atoms. The summed E-state index contributed by atoms with van der Waals surface area (Å²) in [6, 6.07) is 4.48. The van der Waals surface area contributed by atoms with Crippen molar-refractivity contribution in [2.24, 2.45) is 23.7 Å². The lowest BCUT2D eigenvalue weighted by atomic mass is 9.70. The number of carbonyl (C=O) groups is 1. The quantitative estimate of drug-likeness (QED) is 0.0541. The molecule has 6 heteroatoms. The molecular weight excluding hydrogens is 555 g/mol. The molecule has 0 unspecified atom stereocenters. The molecule has 44 heavy (non-hydrogen) atoms. The van der Waals surface area contributed by atoms with Crippen molar-refractivity contribution in [3.63, 3.8) is 0 Å². The van der Waals surface area contributed by atoms with Gasteiger partial charge in [-0.2, -0.15) is 0 Å². The lowest BCUT2D eigenvalue weighted by Crippen LogP contribution is -2.30. The molecule has 0 aromatic heterocycles. The number of unbranched alkanes of at least 4 members (excludes halogenated alkanes) is 2. The molecule has 3 saturated carbocycles. The van der Waals surface area contributed by atoms with Gasteiger partial charge in [0.1, 0.15) is 18.5 Å². The standard InChI is InChI=1S/C38H59FO5/c1-3-5-25-41-34-20-13-30(14-21-34)10-8-7-9-29-11-16-32(17-12-29)33-18-22-35(23-19-33)44-38(40)36-24-15-31(27-37(36)39)28-43-42-26-6-4-2/h4,15,24,27,29-30,32-35H,2-3,5-14,16-23,25-26,28H2,1H3. The van der Waals surface area contributed by atoms with Gasteiger partial charge in [0.2, 0.25) is 0 Å². The molecule has 5 nitrogen and oxygen atoms in total. The first kappa shape index (κ1) is 35.1. The van der Waals surface area contributed by atoms with E-state index in [2.05, 4.69) is 13.5 Å². The number of hydrogen-bond donors (Lipinski definition) is 0. The Morgan fingerprint density at radius 2 is 1.43 bits per heavy atom. The average Bonchev–Trinajstić information content (AvgIpc) is 3.04. The largest absolute Gasteiger partial charge is 0.459 e. The van der Waals surface area contributed by atoms with Crippen molar-refractivity contribution in [3.05, 3.63) is 47.8 Å². The van der Waals surface area contributed by atoms with Gasteiger partial charge in [0.05, 0.1) is 18.3 Å². The molecule has 0 spiro atoms. The number of esters is 1. The zero-order valence-corrected chi connectivity index (χ0v) is 27.5. The van der Waals surface area contributed by atoms with Crippen LogP contribution in [0.4, 0.5) is 4.39 Å². The van der Waals surface area contributed by atoms with E-state index in [9.17, 15) is 9.18 Å². The van der Waals surface area contributed by atoms with Crippen LogP contribution in [0, 0.1) is 29.5 Å². The van der Waals surface area contributed by atoms with Gasteiger partial charge in [0, 0.05) is 6.61 Å². The fourth-order valence-corrected chi connectivity index (χ4v) is 7.80. The average molecular weight is 615 g/mol. The second-order valence-corrected chi connectivity index (χ2v) is 13.9. The van der Waals surface area contributed by atoms with Crippen LogP contribution in [0.2, 0.25) is 0 Å². The van der Waals surface area contributed by atoms with E-state index >= 15 is 0 Å². The van der Waals surface area contributed by atoms with Crippen molar-refractivity contribution >= 4 is 5.97 Å². The van der Waals surface area contributed by atoms with Gasteiger partial charge in [0.25, 0.3) is 0 Å². The number of halogens is 1. The van der Waals surface area contributed by atoms with Gasteiger partial charge in [-0.25, -0.2) is 19.0 Å². The lowest BCUT2D eigenvalue weighted by Gasteiger charge is -2.37. The van der Waals surface area contributed by atoms with Crippen LogP contribution in [0.5, 0.6) is 0 Å². The zero-order valence-electron chi connectivity index (χ0n) is 27.5. The third-order valence-electron chi connectivity index (χ3n) is 10.6. The maximum atomic E-state index is 14.6. The summed E-state index contributed by atoms with van der Waals surface area (Å²) in [5, 5.41) is 0. The number of rotatable bonds is 18. The van der Waals surface area contributed by atoms with Gasteiger partial charge in [-0.1, -0.05) is 64.0 Å². The maximum Gasteiger partial charge on any atom is 0.341 e. The molecule has 0 N–H and O–H groups in total. The van der Waals surface area contributed by atoms with E-state index < -0.39 is 11.8 Å². The molecule has 3 aliphatic carbocycles. The maximum absolute atomic E-state index is 14.6. The van der Waals surface area contributed by atoms with Gasteiger partial charge in [-0.05, 0) is 118 Å². The Hall–Kier alpha value is -1.76.